The van der Waals surface area contributed by atoms with Gasteiger partial charge in [-0.3, -0.25) is 4.79 Å². The third-order valence-corrected chi connectivity index (χ3v) is 12.8. The molecule has 3 nitrogen and oxygen atoms in total. The molecule has 2 aliphatic carbocycles. The van der Waals surface area contributed by atoms with Gasteiger partial charge in [-0.15, -0.1) is 0 Å². The molecule has 2 saturated carbocycles. The van der Waals surface area contributed by atoms with Crippen molar-refractivity contribution in [3.05, 3.63) is 0 Å². The number of carboxylic acids is 1. The summed E-state index contributed by atoms with van der Waals surface area (Å²) in [6.45, 7) is 11.5. The lowest BCUT2D eigenvalue weighted by Crippen LogP contribution is -2.54. The number of ether oxygens (including phenoxy) is 1. The van der Waals surface area contributed by atoms with Crippen LogP contribution in [-0.4, -0.2) is 35.1 Å². The summed E-state index contributed by atoms with van der Waals surface area (Å²) in [7, 11) is 0. The first-order chi connectivity index (χ1) is 12.1. The Morgan fingerprint density at radius 2 is 1.50 bits per heavy atom. The van der Waals surface area contributed by atoms with E-state index in [0.29, 0.717) is 41.5 Å². The maximum absolute atomic E-state index is 11.3. The van der Waals surface area contributed by atoms with Gasteiger partial charge in [0.05, 0.1) is 12.2 Å². The Morgan fingerprint density at radius 1 is 0.962 bits per heavy atom. The molecular weight excluding hydrogens is 669 g/mol. The van der Waals surface area contributed by atoms with Gasteiger partial charge in [0.1, 0.15) is 0 Å². The highest BCUT2D eigenvalue weighted by molar-refractivity contribution is 14.1. The largest absolute Gasteiger partial charge is 0.481 e. The zero-order valence-electron chi connectivity index (χ0n) is 16.4. The molecule has 0 bridgehead atoms. The van der Waals surface area contributed by atoms with Crippen molar-refractivity contribution in [3.63, 3.8) is 0 Å². The molecule has 0 spiro atoms. The number of alkyl halides is 3. The van der Waals surface area contributed by atoms with Gasteiger partial charge in [-0.05, 0) is 41.9 Å². The normalized spacial score (nSPS) is 49.8. The van der Waals surface area contributed by atoms with Crippen molar-refractivity contribution in [3.8, 4) is 0 Å². The number of hydrogen-bond donors (Lipinski definition) is 1. The van der Waals surface area contributed by atoms with Crippen LogP contribution in [0.4, 0.5) is 0 Å². The zero-order valence-corrected chi connectivity index (χ0v) is 22.8. The second-order valence-electron chi connectivity index (χ2n) is 8.62. The maximum atomic E-state index is 11.3. The molecule has 0 saturated heterocycles. The first-order valence-electron chi connectivity index (χ1n) is 9.89. The highest BCUT2D eigenvalue weighted by atomic mass is 127. The van der Waals surface area contributed by atoms with Crippen LogP contribution in [0.3, 0.4) is 0 Å². The van der Waals surface area contributed by atoms with E-state index in [4.69, 9.17) is 4.74 Å². The molecule has 2 aliphatic rings. The van der Waals surface area contributed by atoms with Gasteiger partial charge < -0.3 is 9.84 Å². The van der Waals surface area contributed by atoms with Crippen LogP contribution in [-0.2, 0) is 9.53 Å². The van der Waals surface area contributed by atoms with Gasteiger partial charge >= 0.3 is 5.97 Å². The second kappa shape index (κ2) is 10.1. The van der Waals surface area contributed by atoms with E-state index in [1.54, 1.807) is 0 Å². The summed E-state index contributed by atoms with van der Waals surface area (Å²) >= 11 is 7.72. The summed E-state index contributed by atoms with van der Waals surface area (Å²) in [5.74, 6) is 2.26. The maximum Gasteiger partial charge on any atom is 0.303 e. The van der Waals surface area contributed by atoms with Crippen molar-refractivity contribution in [1.82, 2.24) is 0 Å². The second-order valence-corrected chi connectivity index (χ2v) is 12.9. The average Bonchev–Trinajstić information content (AvgIpc) is 2.59. The fourth-order valence-electron chi connectivity index (χ4n) is 5.15. The molecule has 0 aromatic carbocycles. The van der Waals surface area contributed by atoms with Crippen LogP contribution >= 0.6 is 67.8 Å². The van der Waals surface area contributed by atoms with Crippen LogP contribution in [0.1, 0.15) is 53.9 Å². The molecule has 6 heteroatoms. The van der Waals surface area contributed by atoms with Crippen LogP contribution in [0.5, 0.6) is 0 Å². The lowest BCUT2D eigenvalue weighted by molar-refractivity contribution is -0.141. The summed E-state index contributed by atoms with van der Waals surface area (Å²) in [5, 5.41) is 9.31. The van der Waals surface area contributed by atoms with E-state index in [1.807, 2.05) is 0 Å². The van der Waals surface area contributed by atoms with Crippen LogP contribution in [0, 0.1) is 35.5 Å². The molecular formula is C20H33I3O3. The predicted molar refractivity (Wildman–Crippen MR) is 133 cm³/mol. The third-order valence-electron chi connectivity index (χ3n) is 6.94. The SMILES string of the molecule is CCC1CC(C)C(OC2C(I)C(C)C(CC(=O)O)C(C)C2I)C(C)C1I. The molecule has 0 aromatic heterocycles. The number of hydrogen-bond acceptors (Lipinski definition) is 2. The highest BCUT2D eigenvalue weighted by Crippen LogP contribution is 2.48. The number of carbonyl (C=O) groups is 1. The molecule has 0 radical (unpaired) electrons. The molecule has 2 fully saturated rings. The number of aliphatic carboxylic acids is 1. The van der Waals surface area contributed by atoms with Crippen molar-refractivity contribution < 1.29 is 14.6 Å². The minimum atomic E-state index is -0.673. The summed E-state index contributed by atoms with van der Waals surface area (Å²) in [6.07, 6.45) is 3.32. The Balaban J connectivity index is 2.14. The quantitative estimate of drug-likeness (QED) is 0.273. The van der Waals surface area contributed by atoms with Gasteiger partial charge in [0.15, 0.2) is 0 Å². The van der Waals surface area contributed by atoms with Crippen molar-refractivity contribution in [2.24, 2.45) is 35.5 Å². The van der Waals surface area contributed by atoms with Crippen molar-refractivity contribution >= 4 is 73.7 Å². The van der Waals surface area contributed by atoms with Gasteiger partial charge in [0.2, 0.25) is 0 Å². The third kappa shape index (κ3) is 5.02. The predicted octanol–water partition coefficient (Wildman–Crippen LogP) is 6.23. The highest BCUT2D eigenvalue weighted by Gasteiger charge is 2.49. The summed E-state index contributed by atoms with van der Waals surface area (Å²) in [4.78, 5) is 11.3. The van der Waals surface area contributed by atoms with Crippen LogP contribution < -0.4 is 0 Å². The Kier molecular flexibility index (Phi) is 9.27. The van der Waals surface area contributed by atoms with E-state index in [1.165, 1.54) is 12.8 Å². The summed E-state index contributed by atoms with van der Waals surface area (Å²) in [5.41, 5.74) is 0. The molecule has 0 aromatic rings. The molecule has 152 valence electrons. The molecule has 1 N–H and O–H groups in total. The number of rotatable bonds is 5. The summed E-state index contributed by atoms with van der Waals surface area (Å²) < 4.78 is 8.28. The topological polar surface area (TPSA) is 46.5 Å². The van der Waals surface area contributed by atoms with E-state index in [-0.39, 0.29) is 18.4 Å². The lowest BCUT2D eigenvalue weighted by Gasteiger charge is -2.50. The first kappa shape index (κ1) is 23.9. The van der Waals surface area contributed by atoms with Crippen LogP contribution in [0.15, 0.2) is 0 Å². The monoisotopic (exact) mass is 702 g/mol. The smallest absolute Gasteiger partial charge is 0.303 e. The molecule has 9 unspecified atom stereocenters. The molecule has 0 aliphatic heterocycles. The van der Waals surface area contributed by atoms with E-state index in [9.17, 15) is 9.90 Å². The Hall–Kier alpha value is 1.62. The number of halogens is 3. The van der Waals surface area contributed by atoms with Gasteiger partial charge in [0, 0.05) is 18.2 Å². The van der Waals surface area contributed by atoms with Crippen LogP contribution in [0.2, 0.25) is 0 Å². The molecule has 9 atom stereocenters. The van der Waals surface area contributed by atoms with Crippen molar-refractivity contribution in [1.29, 1.82) is 0 Å². The van der Waals surface area contributed by atoms with E-state index < -0.39 is 5.97 Å². The fraction of sp³-hybridized carbons (Fsp3) is 0.950. The molecule has 2 rings (SSSR count). The fourth-order valence-corrected chi connectivity index (χ4v) is 9.46. The van der Waals surface area contributed by atoms with Gasteiger partial charge in [-0.25, -0.2) is 0 Å². The van der Waals surface area contributed by atoms with E-state index in [0.717, 1.165) is 5.92 Å². The van der Waals surface area contributed by atoms with E-state index >= 15 is 0 Å². The summed E-state index contributed by atoms with van der Waals surface area (Å²) in [6, 6.07) is 0. The lowest BCUT2D eigenvalue weighted by atomic mass is 9.70. The average molecular weight is 702 g/mol. The van der Waals surface area contributed by atoms with E-state index in [2.05, 4.69) is 102 Å². The minimum absolute atomic E-state index is 0.211. The molecule has 0 heterocycles. The molecule has 0 amide bonds. The van der Waals surface area contributed by atoms with Gasteiger partial charge in [-0.1, -0.05) is 109 Å². The molecule has 26 heavy (non-hydrogen) atoms. The van der Waals surface area contributed by atoms with Crippen molar-refractivity contribution in [2.75, 3.05) is 0 Å². The Labute approximate surface area is 200 Å². The van der Waals surface area contributed by atoms with Crippen LogP contribution in [0.25, 0.3) is 0 Å². The Morgan fingerprint density at radius 3 is 1.96 bits per heavy atom. The standard InChI is InChI=1S/C20H33I3O3/c1-6-13-7-9(2)19(12(5)16(13)21)26-20-17(22)10(3)14(8-15(24)25)11(4)18(20)23/h9-14,16-20H,6-8H2,1-5H3,(H,24,25). The van der Waals surface area contributed by atoms with Gasteiger partial charge in [0.25, 0.3) is 0 Å². The number of carboxylic acid groups (broad SMARTS) is 1. The zero-order chi connectivity index (χ0) is 19.8. The van der Waals surface area contributed by atoms with Crippen molar-refractivity contribution in [2.45, 2.75) is 77.9 Å². The first-order valence-corrected chi connectivity index (χ1v) is 13.6. The minimum Gasteiger partial charge on any atom is -0.481 e. The van der Waals surface area contributed by atoms with Gasteiger partial charge in [-0.2, -0.15) is 0 Å². The Bertz CT molecular complexity index is 473.